The van der Waals surface area contributed by atoms with Crippen LogP contribution in [0, 0.1) is 0 Å². The van der Waals surface area contributed by atoms with E-state index < -0.39 is 5.97 Å². The number of hydrogen-bond donors (Lipinski definition) is 1. The van der Waals surface area contributed by atoms with Crippen LogP contribution in [-0.4, -0.2) is 28.8 Å². The zero-order valence-corrected chi connectivity index (χ0v) is 8.35. The van der Waals surface area contributed by atoms with Crippen LogP contribution in [0.2, 0.25) is 0 Å². The highest BCUT2D eigenvalue weighted by Gasteiger charge is 2.16. The minimum absolute atomic E-state index is 0.228. The van der Waals surface area contributed by atoms with Gasteiger partial charge in [0, 0.05) is 24.9 Å². The van der Waals surface area contributed by atoms with Crippen molar-refractivity contribution in [2.24, 2.45) is 0 Å². The lowest BCUT2D eigenvalue weighted by Crippen LogP contribution is -2.10. The maximum atomic E-state index is 10.6. The van der Waals surface area contributed by atoms with Gasteiger partial charge in [0.2, 0.25) is 0 Å². The van der Waals surface area contributed by atoms with Gasteiger partial charge in [-0.3, -0.25) is 4.98 Å². The van der Waals surface area contributed by atoms with Crippen LogP contribution >= 0.6 is 0 Å². The molecule has 0 bridgehead atoms. The first-order chi connectivity index (χ1) is 7.25. The lowest BCUT2D eigenvalue weighted by Gasteiger charge is -2.07. The molecule has 0 spiro atoms. The standard InChI is InChI=1S/C11H13NO3/c13-11(14)8-3-4-9(12-7-8)6-10-2-1-5-15-10/h3-4,7,10H,1-2,5-6H2,(H,13,14). The first-order valence-corrected chi connectivity index (χ1v) is 5.05. The average Bonchev–Trinajstić information content (AvgIpc) is 2.71. The molecule has 0 amide bonds. The zero-order valence-electron chi connectivity index (χ0n) is 8.35. The highest BCUT2D eigenvalue weighted by atomic mass is 16.5. The molecule has 2 heterocycles. The molecule has 1 fully saturated rings. The normalized spacial score (nSPS) is 20.4. The van der Waals surface area contributed by atoms with Crippen LogP contribution < -0.4 is 0 Å². The third kappa shape index (κ3) is 2.53. The Hall–Kier alpha value is -1.42. The summed E-state index contributed by atoms with van der Waals surface area (Å²) in [4.78, 5) is 14.7. The highest BCUT2D eigenvalue weighted by Crippen LogP contribution is 2.16. The number of nitrogens with zero attached hydrogens (tertiary/aromatic N) is 1. The van der Waals surface area contributed by atoms with Crippen molar-refractivity contribution in [3.63, 3.8) is 0 Å². The molecule has 1 aromatic rings. The van der Waals surface area contributed by atoms with Gasteiger partial charge < -0.3 is 9.84 Å². The number of carboxylic acids is 1. The predicted molar refractivity (Wildman–Crippen MR) is 53.9 cm³/mol. The molecule has 0 aromatic carbocycles. The second-order valence-corrected chi connectivity index (χ2v) is 3.68. The van der Waals surface area contributed by atoms with Gasteiger partial charge in [-0.2, -0.15) is 0 Å². The smallest absolute Gasteiger partial charge is 0.337 e. The minimum Gasteiger partial charge on any atom is -0.478 e. The quantitative estimate of drug-likeness (QED) is 0.816. The molecule has 2 rings (SSSR count). The van der Waals surface area contributed by atoms with Gasteiger partial charge in [-0.1, -0.05) is 0 Å². The van der Waals surface area contributed by atoms with E-state index in [2.05, 4.69) is 4.98 Å². The Bertz CT molecular complexity index is 341. The van der Waals surface area contributed by atoms with Gasteiger partial charge >= 0.3 is 5.97 Å². The Morgan fingerprint density at radius 1 is 1.60 bits per heavy atom. The molecule has 0 saturated carbocycles. The van der Waals surface area contributed by atoms with E-state index in [1.54, 1.807) is 12.1 Å². The summed E-state index contributed by atoms with van der Waals surface area (Å²) in [5, 5.41) is 8.70. The molecule has 1 saturated heterocycles. The van der Waals surface area contributed by atoms with E-state index >= 15 is 0 Å². The molecule has 4 nitrogen and oxygen atoms in total. The number of hydrogen-bond acceptors (Lipinski definition) is 3. The van der Waals surface area contributed by atoms with Crippen molar-refractivity contribution in [1.82, 2.24) is 4.98 Å². The molecule has 1 aliphatic heterocycles. The zero-order chi connectivity index (χ0) is 10.7. The topological polar surface area (TPSA) is 59.4 Å². The summed E-state index contributed by atoms with van der Waals surface area (Å²) < 4.78 is 5.48. The molecule has 80 valence electrons. The lowest BCUT2D eigenvalue weighted by atomic mass is 10.1. The number of carboxylic acid groups (broad SMARTS) is 1. The summed E-state index contributed by atoms with van der Waals surface area (Å²) in [7, 11) is 0. The minimum atomic E-state index is -0.939. The Kier molecular flexibility index (Phi) is 2.97. The fourth-order valence-corrected chi connectivity index (χ4v) is 1.71. The molecular formula is C11H13NO3. The monoisotopic (exact) mass is 207 g/mol. The molecule has 1 aliphatic rings. The van der Waals surface area contributed by atoms with Crippen molar-refractivity contribution >= 4 is 5.97 Å². The Morgan fingerprint density at radius 2 is 2.47 bits per heavy atom. The van der Waals surface area contributed by atoms with Crippen LogP contribution in [0.15, 0.2) is 18.3 Å². The van der Waals surface area contributed by atoms with Crippen LogP contribution in [-0.2, 0) is 11.2 Å². The van der Waals surface area contributed by atoms with Crippen molar-refractivity contribution < 1.29 is 14.6 Å². The van der Waals surface area contributed by atoms with Crippen molar-refractivity contribution in [3.05, 3.63) is 29.6 Å². The van der Waals surface area contributed by atoms with E-state index in [1.807, 2.05) is 0 Å². The fourth-order valence-electron chi connectivity index (χ4n) is 1.71. The molecule has 1 aromatic heterocycles. The molecule has 1 N–H and O–H groups in total. The molecule has 0 aliphatic carbocycles. The second-order valence-electron chi connectivity index (χ2n) is 3.68. The number of pyridine rings is 1. The van der Waals surface area contributed by atoms with Gasteiger partial charge in [-0.25, -0.2) is 4.79 Å². The molecule has 1 atom stereocenters. The third-order valence-electron chi connectivity index (χ3n) is 2.53. The average molecular weight is 207 g/mol. The summed E-state index contributed by atoms with van der Waals surface area (Å²) >= 11 is 0. The molecular weight excluding hydrogens is 194 g/mol. The van der Waals surface area contributed by atoms with E-state index in [1.165, 1.54) is 6.20 Å². The molecule has 0 radical (unpaired) electrons. The van der Waals surface area contributed by atoms with Gasteiger partial charge in [0.1, 0.15) is 0 Å². The fraction of sp³-hybridized carbons (Fsp3) is 0.455. The SMILES string of the molecule is O=C(O)c1ccc(CC2CCCO2)nc1. The third-order valence-corrected chi connectivity index (χ3v) is 2.53. The molecule has 4 heteroatoms. The number of rotatable bonds is 3. The van der Waals surface area contributed by atoms with E-state index in [0.717, 1.165) is 31.6 Å². The van der Waals surface area contributed by atoms with Crippen molar-refractivity contribution in [3.8, 4) is 0 Å². The van der Waals surface area contributed by atoms with Gasteiger partial charge in [0.25, 0.3) is 0 Å². The molecule has 15 heavy (non-hydrogen) atoms. The first kappa shape index (κ1) is 10.1. The number of carbonyl (C=O) groups is 1. The summed E-state index contributed by atoms with van der Waals surface area (Å²) in [5.41, 5.74) is 1.12. The summed E-state index contributed by atoms with van der Waals surface area (Å²) in [6.07, 6.45) is 4.61. The Balaban J connectivity index is 2.00. The first-order valence-electron chi connectivity index (χ1n) is 5.05. The van der Waals surface area contributed by atoms with E-state index in [4.69, 9.17) is 9.84 Å². The largest absolute Gasteiger partial charge is 0.478 e. The summed E-state index contributed by atoms with van der Waals surface area (Å²) in [6, 6.07) is 3.34. The number of aromatic carboxylic acids is 1. The van der Waals surface area contributed by atoms with Crippen molar-refractivity contribution in [1.29, 1.82) is 0 Å². The van der Waals surface area contributed by atoms with Gasteiger partial charge in [-0.15, -0.1) is 0 Å². The van der Waals surface area contributed by atoms with Crippen LogP contribution in [0.3, 0.4) is 0 Å². The van der Waals surface area contributed by atoms with Crippen LogP contribution in [0.5, 0.6) is 0 Å². The summed E-state index contributed by atoms with van der Waals surface area (Å²) in [6.45, 7) is 0.831. The maximum absolute atomic E-state index is 10.6. The van der Waals surface area contributed by atoms with Crippen LogP contribution in [0.1, 0.15) is 28.9 Å². The van der Waals surface area contributed by atoms with E-state index in [-0.39, 0.29) is 11.7 Å². The number of ether oxygens (including phenoxy) is 1. The van der Waals surface area contributed by atoms with Crippen LogP contribution in [0.25, 0.3) is 0 Å². The number of aromatic nitrogens is 1. The highest BCUT2D eigenvalue weighted by molar-refractivity contribution is 5.87. The van der Waals surface area contributed by atoms with Gasteiger partial charge in [0.15, 0.2) is 0 Å². The Morgan fingerprint density at radius 3 is 3.00 bits per heavy atom. The maximum Gasteiger partial charge on any atom is 0.337 e. The van der Waals surface area contributed by atoms with E-state index in [0.29, 0.717) is 0 Å². The van der Waals surface area contributed by atoms with E-state index in [9.17, 15) is 4.79 Å². The summed E-state index contributed by atoms with van der Waals surface area (Å²) in [5.74, 6) is -0.939. The van der Waals surface area contributed by atoms with Crippen molar-refractivity contribution in [2.45, 2.75) is 25.4 Å². The van der Waals surface area contributed by atoms with Gasteiger partial charge in [-0.05, 0) is 25.0 Å². The van der Waals surface area contributed by atoms with Gasteiger partial charge in [0.05, 0.1) is 11.7 Å². The Labute approximate surface area is 87.9 Å². The second kappa shape index (κ2) is 4.40. The molecule has 1 unspecified atom stereocenters. The van der Waals surface area contributed by atoms with Crippen molar-refractivity contribution in [2.75, 3.05) is 6.61 Å². The lowest BCUT2D eigenvalue weighted by molar-refractivity contribution is 0.0696. The van der Waals surface area contributed by atoms with Crippen LogP contribution in [0.4, 0.5) is 0 Å². The predicted octanol–water partition coefficient (Wildman–Crippen LogP) is 1.50.